The van der Waals surface area contributed by atoms with Crippen LogP contribution in [0.5, 0.6) is 0 Å². The van der Waals surface area contributed by atoms with Crippen LogP contribution in [0.2, 0.25) is 0 Å². The van der Waals surface area contributed by atoms with E-state index in [-0.39, 0.29) is 5.41 Å². The largest absolute Gasteiger partial charge is 0.158 e. The smallest absolute Gasteiger partial charge is 0.0647 e. The van der Waals surface area contributed by atoms with Crippen LogP contribution in [-0.4, -0.2) is 10.2 Å². The van der Waals surface area contributed by atoms with E-state index in [4.69, 9.17) is 0 Å². The third kappa shape index (κ3) is 3.30. The Hall–Kier alpha value is -0.440. The van der Waals surface area contributed by atoms with Gasteiger partial charge < -0.3 is 0 Å². The Morgan fingerprint density at radius 1 is 1.42 bits per heavy atom. The van der Waals surface area contributed by atoms with Crippen molar-refractivity contribution in [3.05, 3.63) is 22.4 Å². The fraction of sp³-hybridized carbons (Fsp3) is 0.556. The van der Waals surface area contributed by atoms with Crippen LogP contribution in [0.1, 0.15) is 26.5 Å². The van der Waals surface area contributed by atoms with Gasteiger partial charge in [-0.05, 0) is 33.8 Å². The molecule has 0 aliphatic rings. The van der Waals surface area contributed by atoms with Crippen molar-refractivity contribution in [2.45, 2.75) is 27.2 Å². The van der Waals surface area contributed by atoms with Crippen molar-refractivity contribution >= 4 is 15.9 Å². The maximum absolute atomic E-state index is 4.04. The average molecular weight is 229 g/mol. The molecular weight excluding hydrogens is 216 g/mol. The third-order valence-electron chi connectivity index (χ3n) is 1.38. The van der Waals surface area contributed by atoms with Crippen molar-refractivity contribution in [2.75, 3.05) is 0 Å². The standard InChI is InChI=1S/C9H13BrN2/c1-9(2,3)5-8-4-7(10)6-11-12-8/h4,6H,5H2,1-3H3. The second kappa shape index (κ2) is 3.52. The first-order valence-electron chi connectivity index (χ1n) is 3.94. The maximum Gasteiger partial charge on any atom is 0.0647 e. The first kappa shape index (κ1) is 9.65. The minimum Gasteiger partial charge on any atom is -0.158 e. The Kier molecular flexibility index (Phi) is 2.83. The van der Waals surface area contributed by atoms with E-state index in [0.717, 1.165) is 16.6 Å². The molecule has 1 aromatic rings. The van der Waals surface area contributed by atoms with Crippen LogP contribution >= 0.6 is 15.9 Å². The lowest BCUT2D eigenvalue weighted by Gasteiger charge is -2.16. The Morgan fingerprint density at radius 3 is 2.58 bits per heavy atom. The van der Waals surface area contributed by atoms with Gasteiger partial charge >= 0.3 is 0 Å². The number of hydrogen-bond donors (Lipinski definition) is 0. The lowest BCUT2D eigenvalue weighted by Crippen LogP contribution is -2.10. The molecule has 0 fully saturated rings. The van der Waals surface area contributed by atoms with E-state index in [1.165, 1.54) is 0 Å². The summed E-state index contributed by atoms with van der Waals surface area (Å²) in [6, 6.07) is 2.01. The van der Waals surface area contributed by atoms with E-state index in [0.29, 0.717) is 0 Å². The molecule has 2 nitrogen and oxygen atoms in total. The SMILES string of the molecule is CC(C)(C)Cc1cc(Br)cnn1. The fourth-order valence-corrected chi connectivity index (χ4v) is 1.37. The van der Waals surface area contributed by atoms with Crippen LogP contribution in [0.15, 0.2) is 16.7 Å². The highest BCUT2D eigenvalue weighted by atomic mass is 79.9. The summed E-state index contributed by atoms with van der Waals surface area (Å²) in [4.78, 5) is 0. The van der Waals surface area contributed by atoms with Crippen LogP contribution in [-0.2, 0) is 6.42 Å². The van der Waals surface area contributed by atoms with Gasteiger partial charge in [-0.15, -0.1) is 0 Å². The zero-order chi connectivity index (χ0) is 9.19. The molecule has 0 saturated carbocycles. The second-order valence-corrected chi connectivity index (χ2v) is 5.02. The molecule has 0 spiro atoms. The lowest BCUT2D eigenvalue weighted by atomic mass is 9.90. The van der Waals surface area contributed by atoms with Gasteiger partial charge in [-0.1, -0.05) is 20.8 Å². The van der Waals surface area contributed by atoms with Crippen LogP contribution < -0.4 is 0 Å². The van der Waals surface area contributed by atoms with Gasteiger partial charge in [0.1, 0.15) is 0 Å². The Morgan fingerprint density at radius 2 is 2.08 bits per heavy atom. The monoisotopic (exact) mass is 228 g/mol. The van der Waals surface area contributed by atoms with E-state index in [2.05, 4.69) is 46.9 Å². The van der Waals surface area contributed by atoms with Crippen molar-refractivity contribution in [3.63, 3.8) is 0 Å². The first-order valence-corrected chi connectivity index (χ1v) is 4.74. The Bertz CT molecular complexity index is 265. The predicted molar refractivity (Wildman–Crippen MR) is 52.9 cm³/mol. The van der Waals surface area contributed by atoms with E-state index in [1.807, 2.05) is 6.07 Å². The van der Waals surface area contributed by atoms with E-state index in [9.17, 15) is 0 Å². The molecular formula is C9H13BrN2. The van der Waals surface area contributed by atoms with E-state index in [1.54, 1.807) is 6.20 Å². The van der Waals surface area contributed by atoms with Crippen LogP contribution in [0.3, 0.4) is 0 Å². The maximum atomic E-state index is 4.04. The number of hydrogen-bond acceptors (Lipinski definition) is 2. The van der Waals surface area contributed by atoms with Crippen molar-refractivity contribution in [3.8, 4) is 0 Å². The molecule has 66 valence electrons. The fourth-order valence-electron chi connectivity index (χ4n) is 1.01. The first-order chi connectivity index (χ1) is 5.47. The van der Waals surface area contributed by atoms with Crippen molar-refractivity contribution in [1.29, 1.82) is 0 Å². The van der Waals surface area contributed by atoms with Crippen LogP contribution in [0.25, 0.3) is 0 Å². The molecule has 0 atom stereocenters. The normalized spacial score (nSPS) is 11.7. The van der Waals surface area contributed by atoms with Crippen molar-refractivity contribution in [1.82, 2.24) is 10.2 Å². The summed E-state index contributed by atoms with van der Waals surface area (Å²) >= 11 is 3.37. The number of rotatable bonds is 1. The van der Waals surface area contributed by atoms with Gasteiger partial charge in [-0.2, -0.15) is 10.2 Å². The molecule has 1 aromatic heterocycles. The van der Waals surface area contributed by atoms with Gasteiger partial charge in [0.25, 0.3) is 0 Å². The molecule has 0 amide bonds. The summed E-state index contributed by atoms with van der Waals surface area (Å²) in [5, 5.41) is 7.92. The summed E-state index contributed by atoms with van der Waals surface area (Å²) in [6.45, 7) is 6.57. The molecule has 12 heavy (non-hydrogen) atoms. The summed E-state index contributed by atoms with van der Waals surface area (Å²) in [7, 11) is 0. The number of nitrogens with zero attached hydrogens (tertiary/aromatic N) is 2. The lowest BCUT2D eigenvalue weighted by molar-refractivity contribution is 0.404. The van der Waals surface area contributed by atoms with Crippen molar-refractivity contribution < 1.29 is 0 Å². The van der Waals surface area contributed by atoms with Crippen molar-refractivity contribution in [2.24, 2.45) is 5.41 Å². The molecule has 0 radical (unpaired) electrons. The van der Waals surface area contributed by atoms with E-state index < -0.39 is 0 Å². The Balaban J connectivity index is 2.77. The summed E-state index contributed by atoms with van der Waals surface area (Å²) in [5.74, 6) is 0. The minimum atomic E-state index is 0.273. The molecule has 3 heteroatoms. The van der Waals surface area contributed by atoms with Gasteiger partial charge in [0.2, 0.25) is 0 Å². The van der Waals surface area contributed by atoms with Gasteiger partial charge in [-0.25, -0.2) is 0 Å². The highest BCUT2D eigenvalue weighted by molar-refractivity contribution is 9.10. The highest BCUT2D eigenvalue weighted by Crippen LogP contribution is 2.20. The molecule has 0 bridgehead atoms. The molecule has 1 heterocycles. The summed E-state index contributed by atoms with van der Waals surface area (Å²) in [6.07, 6.45) is 2.66. The highest BCUT2D eigenvalue weighted by Gasteiger charge is 2.12. The average Bonchev–Trinajstić information content (AvgIpc) is 1.82. The zero-order valence-electron chi connectivity index (χ0n) is 7.63. The molecule has 0 aromatic carbocycles. The molecule has 0 aliphatic heterocycles. The van der Waals surface area contributed by atoms with Gasteiger partial charge in [-0.3, -0.25) is 0 Å². The summed E-state index contributed by atoms with van der Waals surface area (Å²) < 4.78 is 0.997. The van der Waals surface area contributed by atoms with Gasteiger partial charge in [0.05, 0.1) is 11.9 Å². The third-order valence-corrected chi connectivity index (χ3v) is 1.82. The summed E-state index contributed by atoms with van der Waals surface area (Å²) in [5.41, 5.74) is 1.31. The molecule has 0 unspecified atom stereocenters. The van der Waals surface area contributed by atoms with Gasteiger partial charge in [0, 0.05) is 4.47 Å². The predicted octanol–water partition coefficient (Wildman–Crippen LogP) is 2.83. The Labute approximate surface area is 81.5 Å². The topological polar surface area (TPSA) is 25.8 Å². The molecule has 0 N–H and O–H groups in total. The number of aromatic nitrogens is 2. The molecule has 0 saturated heterocycles. The molecule has 1 rings (SSSR count). The minimum absolute atomic E-state index is 0.273. The quantitative estimate of drug-likeness (QED) is 0.739. The van der Waals surface area contributed by atoms with Crippen LogP contribution in [0, 0.1) is 5.41 Å². The zero-order valence-corrected chi connectivity index (χ0v) is 9.22. The van der Waals surface area contributed by atoms with Gasteiger partial charge in [0.15, 0.2) is 0 Å². The molecule has 0 aliphatic carbocycles. The second-order valence-electron chi connectivity index (χ2n) is 4.10. The van der Waals surface area contributed by atoms with Crippen LogP contribution in [0.4, 0.5) is 0 Å². The number of halogens is 1. The van der Waals surface area contributed by atoms with E-state index >= 15 is 0 Å².